The van der Waals surface area contributed by atoms with Crippen molar-refractivity contribution in [1.29, 1.82) is 0 Å². The van der Waals surface area contributed by atoms with Crippen molar-refractivity contribution in [2.75, 3.05) is 11.9 Å². The maximum atomic E-state index is 5.11. The van der Waals surface area contributed by atoms with Crippen LogP contribution in [0.2, 0.25) is 0 Å². The van der Waals surface area contributed by atoms with Crippen molar-refractivity contribution in [2.24, 2.45) is 0 Å². The van der Waals surface area contributed by atoms with Gasteiger partial charge in [-0.05, 0) is 6.42 Å². The van der Waals surface area contributed by atoms with Gasteiger partial charge in [0.1, 0.15) is 0 Å². The molecule has 0 saturated carbocycles. The van der Waals surface area contributed by atoms with E-state index >= 15 is 0 Å². The summed E-state index contributed by atoms with van der Waals surface area (Å²) in [5.74, 6) is 2.01. The Morgan fingerprint density at radius 3 is 2.94 bits per heavy atom. The average molecular weight is 285 g/mol. The van der Waals surface area contributed by atoms with Crippen LogP contribution < -0.4 is 5.32 Å². The molecule has 0 saturated heterocycles. The molecule has 0 bridgehead atoms. The molecule has 0 aromatic carbocycles. The smallest absolute Gasteiger partial charge is 0.237 e. The van der Waals surface area contributed by atoms with Gasteiger partial charge in [-0.25, -0.2) is 0 Å². The van der Waals surface area contributed by atoms with Gasteiger partial charge in [0.05, 0.1) is 5.75 Å². The quantitative estimate of drug-likeness (QED) is 0.783. The van der Waals surface area contributed by atoms with Gasteiger partial charge in [0.25, 0.3) is 0 Å². The largest absolute Gasteiger partial charge is 0.360 e. The molecule has 98 valence electrons. The summed E-state index contributed by atoms with van der Waals surface area (Å²) in [4.78, 5) is 4.24. The molecule has 2 rings (SSSR count). The summed E-state index contributed by atoms with van der Waals surface area (Å²) in [6.45, 7) is 5.03. The van der Waals surface area contributed by atoms with Crippen molar-refractivity contribution in [3.63, 3.8) is 0 Å². The van der Waals surface area contributed by atoms with E-state index in [1.165, 1.54) is 0 Å². The molecule has 2 aromatic heterocycles. The standard InChI is InChI=1S/C10H15N5OS2/c1-3-5-11-9-13-14-10(18-9)17-6-8-12-7(4-2)15-16-8/h3-6H2,1-2H3,(H,11,13). The molecule has 1 N–H and O–H groups in total. The maximum Gasteiger partial charge on any atom is 0.237 e. The lowest BCUT2D eigenvalue weighted by atomic mass is 10.5. The Morgan fingerprint density at radius 1 is 1.33 bits per heavy atom. The van der Waals surface area contributed by atoms with Crippen LogP contribution in [0.15, 0.2) is 8.86 Å². The number of hydrogen-bond donors (Lipinski definition) is 1. The molecular weight excluding hydrogens is 270 g/mol. The van der Waals surface area contributed by atoms with Crippen LogP contribution in [-0.2, 0) is 12.2 Å². The summed E-state index contributed by atoms with van der Waals surface area (Å²) in [6, 6.07) is 0. The van der Waals surface area contributed by atoms with Crippen LogP contribution in [0.4, 0.5) is 5.13 Å². The zero-order valence-corrected chi connectivity index (χ0v) is 12.0. The molecule has 18 heavy (non-hydrogen) atoms. The lowest BCUT2D eigenvalue weighted by molar-refractivity contribution is 0.385. The van der Waals surface area contributed by atoms with Gasteiger partial charge in [-0.2, -0.15) is 4.98 Å². The van der Waals surface area contributed by atoms with Gasteiger partial charge < -0.3 is 9.84 Å². The summed E-state index contributed by atoms with van der Waals surface area (Å²) < 4.78 is 6.02. The molecule has 0 unspecified atom stereocenters. The van der Waals surface area contributed by atoms with Gasteiger partial charge in [-0.1, -0.05) is 42.1 Å². The minimum Gasteiger partial charge on any atom is -0.360 e. The Labute approximate surface area is 114 Å². The molecule has 8 heteroatoms. The minimum absolute atomic E-state index is 0.634. The Morgan fingerprint density at radius 2 is 2.22 bits per heavy atom. The van der Waals surface area contributed by atoms with E-state index in [2.05, 4.69) is 32.6 Å². The molecule has 0 aliphatic carbocycles. The van der Waals surface area contributed by atoms with Gasteiger partial charge in [0, 0.05) is 13.0 Å². The minimum atomic E-state index is 0.634. The number of nitrogens with zero attached hydrogens (tertiary/aromatic N) is 4. The van der Waals surface area contributed by atoms with Crippen LogP contribution in [0, 0.1) is 0 Å². The molecule has 2 heterocycles. The zero-order valence-electron chi connectivity index (χ0n) is 10.3. The molecule has 0 atom stereocenters. The SMILES string of the molecule is CCCNc1nnc(SCc2nc(CC)no2)s1. The number of thioether (sulfide) groups is 1. The number of nitrogens with one attached hydrogen (secondary N) is 1. The number of rotatable bonds is 7. The first-order chi connectivity index (χ1) is 8.81. The highest BCUT2D eigenvalue weighted by Crippen LogP contribution is 2.27. The lowest BCUT2D eigenvalue weighted by Gasteiger charge is -1.95. The first kappa shape index (κ1) is 13.3. The van der Waals surface area contributed by atoms with Crippen LogP contribution >= 0.6 is 23.1 Å². The third-order valence-electron chi connectivity index (χ3n) is 2.08. The molecule has 0 amide bonds. The fraction of sp³-hybridized carbons (Fsp3) is 0.600. The number of aryl methyl sites for hydroxylation is 1. The molecule has 2 aromatic rings. The lowest BCUT2D eigenvalue weighted by Crippen LogP contribution is -1.98. The molecule has 0 aliphatic rings. The Hall–Kier alpha value is -1.15. The second kappa shape index (κ2) is 6.69. The number of aromatic nitrogens is 4. The van der Waals surface area contributed by atoms with Gasteiger partial charge in [0.2, 0.25) is 11.0 Å². The summed E-state index contributed by atoms with van der Waals surface area (Å²) >= 11 is 3.10. The fourth-order valence-corrected chi connectivity index (χ4v) is 2.80. The zero-order chi connectivity index (χ0) is 12.8. The third-order valence-corrected chi connectivity index (χ3v) is 4.08. The summed E-state index contributed by atoms with van der Waals surface area (Å²) in [5, 5.41) is 16.1. The summed E-state index contributed by atoms with van der Waals surface area (Å²) in [7, 11) is 0. The number of hydrogen-bond acceptors (Lipinski definition) is 8. The van der Waals surface area contributed by atoms with Crippen LogP contribution in [0.25, 0.3) is 0 Å². The van der Waals surface area contributed by atoms with E-state index in [4.69, 9.17) is 4.52 Å². The second-order valence-electron chi connectivity index (χ2n) is 3.55. The molecule has 6 nitrogen and oxygen atoms in total. The summed E-state index contributed by atoms with van der Waals surface area (Å²) in [5.41, 5.74) is 0. The van der Waals surface area contributed by atoms with Crippen LogP contribution in [-0.4, -0.2) is 26.9 Å². The van der Waals surface area contributed by atoms with Crippen LogP contribution in [0.3, 0.4) is 0 Å². The maximum absolute atomic E-state index is 5.11. The van der Waals surface area contributed by atoms with Gasteiger partial charge in [0.15, 0.2) is 10.2 Å². The second-order valence-corrected chi connectivity index (χ2v) is 5.75. The van der Waals surface area contributed by atoms with E-state index in [0.717, 1.165) is 34.7 Å². The van der Waals surface area contributed by atoms with Crippen molar-refractivity contribution in [3.05, 3.63) is 11.7 Å². The van der Waals surface area contributed by atoms with Crippen LogP contribution in [0.5, 0.6) is 0 Å². The van der Waals surface area contributed by atoms with E-state index in [-0.39, 0.29) is 0 Å². The molecule has 0 fully saturated rings. The third kappa shape index (κ3) is 3.67. The summed E-state index contributed by atoms with van der Waals surface area (Å²) in [6.07, 6.45) is 1.86. The van der Waals surface area contributed by atoms with E-state index in [0.29, 0.717) is 11.6 Å². The first-order valence-corrected chi connectivity index (χ1v) is 7.63. The normalized spacial score (nSPS) is 10.8. The van der Waals surface area contributed by atoms with Crippen molar-refractivity contribution in [3.8, 4) is 0 Å². The van der Waals surface area contributed by atoms with E-state index in [1.807, 2.05) is 6.92 Å². The Bertz CT molecular complexity index is 484. The highest BCUT2D eigenvalue weighted by Gasteiger charge is 2.08. The Balaban J connectivity index is 1.84. The van der Waals surface area contributed by atoms with Gasteiger partial charge in [-0.15, -0.1) is 10.2 Å². The van der Waals surface area contributed by atoms with Crippen molar-refractivity contribution in [1.82, 2.24) is 20.3 Å². The topological polar surface area (TPSA) is 76.7 Å². The van der Waals surface area contributed by atoms with E-state index in [1.54, 1.807) is 23.1 Å². The highest BCUT2D eigenvalue weighted by atomic mass is 32.2. The fourth-order valence-electron chi connectivity index (χ4n) is 1.19. The van der Waals surface area contributed by atoms with Crippen molar-refractivity contribution < 1.29 is 4.52 Å². The predicted molar refractivity (Wildman–Crippen MR) is 71.9 cm³/mol. The molecular formula is C10H15N5OS2. The monoisotopic (exact) mass is 285 g/mol. The molecule has 0 aliphatic heterocycles. The Kier molecular flexibility index (Phi) is 4.94. The van der Waals surface area contributed by atoms with Crippen LogP contribution in [0.1, 0.15) is 32.0 Å². The first-order valence-electron chi connectivity index (χ1n) is 5.83. The molecule has 0 spiro atoms. The molecule has 0 radical (unpaired) electrons. The highest BCUT2D eigenvalue weighted by molar-refractivity contribution is 8.00. The average Bonchev–Trinajstić information content (AvgIpc) is 3.03. The van der Waals surface area contributed by atoms with E-state index in [9.17, 15) is 0 Å². The van der Waals surface area contributed by atoms with Gasteiger partial charge >= 0.3 is 0 Å². The van der Waals surface area contributed by atoms with Gasteiger partial charge in [-0.3, -0.25) is 0 Å². The predicted octanol–water partition coefficient (Wildman–Crippen LogP) is 2.60. The van der Waals surface area contributed by atoms with E-state index < -0.39 is 0 Å². The van der Waals surface area contributed by atoms with Crippen molar-refractivity contribution >= 4 is 28.2 Å². The van der Waals surface area contributed by atoms with Crippen molar-refractivity contribution in [2.45, 2.75) is 36.8 Å². The number of anilines is 1.